The van der Waals surface area contributed by atoms with Crippen LogP contribution < -0.4 is 9.47 Å². The first-order chi connectivity index (χ1) is 10.5. The van der Waals surface area contributed by atoms with Gasteiger partial charge in [0.25, 0.3) is 0 Å². The first-order valence-electron chi connectivity index (χ1n) is 7.12. The van der Waals surface area contributed by atoms with Crippen LogP contribution in [-0.2, 0) is 14.8 Å². The summed E-state index contributed by atoms with van der Waals surface area (Å²) in [4.78, 5) is 11.0. The molecule has 0 aromatic heterocycles. The zero-order valence-corrected chi connectivity index (χ0v) is 12.7. The summed E-state index contributed by atoms with van der Waals surface area (Å²) >= 11 is 0. The largest absolute Gasteiger partial charge is 0.486 e. The molecular formula is C14H17NO6S. The fourth-order valence-electron chi connectivity index (χ4n) is 2.59. The summed E-state index contributed by atoms with van der Waals surface area (Å²) in [6.45, 7) is 0.0807. The Morgan fingerprint density at radius 1 is 1.27 bits per heavy atom. The molecule has 0 unspecified atom stereocenters. The molecule has 0 bridgehead atoms. The Bertz CT molecular complexity index is 683. The number of hydrogen-bond acceptors (Lipinski definition) is 5. The lowest BCUT2D eigenvalue weighted by atomic mass is 9.93. The van der Waals surface area contributed by atoms with Crippen LogP contribution in [-0.4, -0.2) is 49.6 Å². The number of nitrogens with zero attached hydrogens (tertiary/aromatic N) is 1. The summed E-state index contributed by atoms with van der Waals surface area (Å²) in [7, 11) is -3.95. The first-order valence-corrected chi connectivity index (χ1v) is 8.56. The monoisotopic (exact) mass is 327 g/mol. The van der Waals surface area contributed by atoms with E-state index in [1.54, 1.807) is 12.1 Å². The number of carbonyl (C=O) groups is 1. The van der Waals surface area contributed by atoms with E-state index < -0.39 is 22.5 Å². The highest BCUT2D eigenvalue weighted by Crippen LogP contribution is 2.39. The fourth-order valence-corrected chi connectivity index (χ4v) is 4.38. The lowest BCUT2D eigenvalue weighted by Gasteiger charge is -2.36. The minimum Gasteiger partial charge on any atom is -0.486 e. The number of ether oxygens (including phenoxy) is 2. The Morgan fingerprint density at radius 2 is 2.00 bits per heavy atom. The van der Waals surface area contributed by atoms with E-state index in [9.17, 15) is 13.2 Å². The molecule has 1 aliphatic heterocycles. The quantitative estimate of drug-likeness (QED) is 0.870. The van der Waals surface area contributed by atoms with Gasteiger partial charge in [0.2, 0.25) is 10.0 Å². The van der Waals surface area contributed by atoms with Gasteiger partial charge in [0, 0.05) is 6.04 Å². The van der Waals surface area contributed by atoms with Crippen molar-refractivity contribution in [1.29, 1.82) is 0 Å². The molecule has 1 aromatic rings. The Hall–Kier alpha value is -1.80. The molecule has 3 rings (SSSR count). The van der Waals surface area contributed by atoms with Crippen LogP contribution in [0.2, 0.25) is 0 Å². The molecule has 0 atom stereocenters. The van der Waals surface area contributed by atoms with E-state index in [1.807, 2.05) is 0 Å². The van der Waals surface area contributed by atoms with Crippen molar-refractivity contribution in [3.05, 3.63) is 18.2 Å². The van der Waals surface area contributed by atoms with E-state index in [4.69, 9.17) is 14.6 Å². The number of hydrogen-bond donors (Lipinski definition) is 1. The molecule has 1 aromatic carbocycles. The highest BCUT2D eigenvalue weighted by Gasteiger charge is 2.38. The van der Waals surface area contributed by atoms with Crippen molar-refractivity contribution in [2.45, 2.75) is 30.2 Å². The van der Waals surface area contributed by atoms with E-state index in [1.165, 1.54) is 6.07 Å². The van der Waals surface area contributed by atoms with Gasteiger partial charge in [-0.25, -0.2) is 8.42 Å². The topological polar surface area (TPSA) is 93.1 Å². The van der Waals surface area contributed by atoms with Crippen LogP contribution in [0.25, 0.3) is 0 Å². The maximum Gasteiger partial charge on any atom is 0.318 e. The van der Waals surface area contributed by atoms with Gasteiger partial charge in [-0.2, -0.15) is 4.31 Å². The molecule has 0 amide bonds. The average Bonchev–Trinajstić information content (AvgIpc) is 2.43. The van der Waals surface area contributed by atoms with E-state index in [-0.39, 0.29) is 23.3 Å². The molecule has 1 fully saturated rings. The maximum absolute atomic E-state index is 12.9. The molecule has 1 aliphatic carbocycles. The van der Waals surface area contributed by atoms with Crippen LogP contribution in [0, 0.1) is 0 Å². The molecule has 0 saturated heterocycles. The number of rotatable bonds is 5. The van der Waals surface area contributed by atoms with Gasteiger partial charge in [-0.05, 0) is 25.0 Å². The van der Waals surface area contributed by atoms with Crippen molar-refractivity contribution in [1.82, 2.24) is 4.31 Å². The minimum atomic E-state index is -3.95. The molecule has 1 saturated carbocycles. The zero-order chi connectivity index (χ0) is 15.7. The molecule has 2 aliphatic rings. The van der Waals surface area contributed by atoms with Crippen molar-refractivity contribution >= 4 is 16.0 Å². The van der Waals surface area contributed by atoms with Crippen molar-refractivity contribution in [2.24, 2.45) is 0 Å². The van der Waals surface area contributed by atoms with Crippen molar-refractivity contribution in [2.75, 3.05) is 19.8 Å². The first kappa shape index (κ1) is 15.1. The molecule has 7 nitrogen and oxygen atoms in total. The van der Waals surface area contributed by atoms with E-state index >= 15 is 0 Å². The van der Waals surface area contributed by atoms with Crippen molar-refractivity contribution < 1.29 is 27.8 Å². The van der Waals surface area contributed by atoms with E-state index in [2.05, 4.69) is 0 Å². The second-order valence-electron chi connectivity index (χ2n) is 5.31. The molecule has 22 heavy (non-hydrogen) atoms. The van der Waals surface area contributed by atoms with E-state index in [0.29, 0.717) is 25.2 Å². The third-order valence-corrected chi connectivity index (χ3v) is 5.81. The van der Waals surface area contributed by atoms with Gasteiger partial charge in [-0.15, -0.1) is 0 Å². The van der Waals surface area contributed by atoms with Crippen LogP contribution in [0.4, 0.5) is 0 Å². The van der Waals surface area contributed by atoms with Crippen molar-refractivity contribution in [3.8, 4) is 11.5 Å². The second-order valence-corrected chi connectivity index (χ2v) is 7.17. The van der Waals surface area contributed by atoms with Gasteiger partial charge in [-0.1, -0.05) is 12.5 Å². The predicted molar refractivity (Wildman–Crippen MR) is 76.6 cm³/mol. The highest BCUT2D eigenvalue weighted by molar-refractivity contribution is 7.89. The van der Waals surface area contributed by atoms with Crippen LogP contribution in [0.15, 0.2) is 23.1 Å². The summed E-state index contributed by atoms with van der Waals surface area (Å²) < 4.78 is 37.7. The summed E-state index contributed by atoms with van der Waals surface area (Å²) in [5.41, 5.74) is 0. The molecule has 120 valence electrons. The second kappa shape index (κ2) is 5.77. The molecule has 0 spiro atoms. The molecule has 0 radical (unpaired) electrons. The number of fused-ring (bicyclic) bond motifs is 1. The van der Waals surface area contributed by atoms with Crippen LogP contribution >= 0.6 is 0 Å². The summed E-state index contributed by atoms with van der Waals surface area (Å²) in [6, 6.07) is 4.37. The Balaban J connectivity index is 2.02. The zero-order valence-electron chi connectivity index (χ0n) is 11.9. The average molecular weight is 327 g/mol. The van der Waals surface area contributed by atoms with Gasteiger partial charge in [0.15, 0.2) is 11.5 Å². The lowest BCUT2D eigenvalue weighted by molar-refractivity contribution is -0.137. The smallest absolute Gasteiger partial charge is 0.318 e. The fraction of sp³-hybridized carbons (Fsp3) is 0.500. The van der Waals surface area contributed by atoms with E-state index in [0.717, 1.165) is 10.7 Å². The van der Waals surface area contributed by atoms with Gasteiger partial charge in [0.1, 0.15) is 24.7 Å². The van der Waals surface area contributed by atoms with Crippen LogP contribution in [0.5, 0.6) is 11.5 Å². The van der Waals surface area contributed by atoms with Gasteiger partial charge in [-0.3, -0.25) is 4.79 Å². The normalized spacial score (nSPS) is 18.0. The number of para-hydroxylation sites is 1. The summed E-state index contributed by atoms with van der Waals surface area (Å²) in [5, 5.41) is 9.04. The highest BCUT2D eigenvalue weighted by atomic mass is 32.2. The molecule has 1 N–H and O–H groups in total. The molecular weight excluding hydrogens is 310 g/mol. The Morgan fingerprint density at radius 3 is 2.64 bits per heavy atom. The Labute approximate surface area is 128 Å². The SMILES string of the molecule is O=C(O)CN(C1CCC1)S(=O)(=O)c1cccc2c1OCCO2. The standard InChI is InChI=1S/C14H17NO6S/c16-13(17)9-15(10-3-1-4-10)22(18,19)12-6-2-5-11-14(12)21-8-7-20-11/h2,5-6,10H,1,3-4,7-9H2,(H,16,17). The van der Waals surface area contributed by atoms with Gasteiger partial charge in [0.05, 0.1) is 0 Å². The third-order valence-electron chi connectivity index (χ3n) is 3.89. The lowest BCUT2D eigenvalue weighted by Crippen LogP contribution is -2.46. The summed E-state index contributed by atoms with van der Waals surface area (Å²) in [6.07, 6.45) is 2.26. The third kappa shape index (κ3) is 2.64. The Kier molecular flexibility index (Phi) is 3.96. The number of sulfonamides is 1. The van der Waals surface area contributed by atoms with Gasteiger partial charge >= 0.3 is 5.97 Å². The minimum absolute atomic E-state index is 0.0298. The van der Waals surface area contributed by atoms with Crippen LogP contribution in [0.3, 0.4) is 0 Å². The number of carboxylic acids is 1. The number of aliphatic carboxylic acids is 1. The van der Waals surface area contributed by atoms with Gasteiger partial charge < -0.3 is 14.6 Å². The number of benzene rings is 1. The number of carboxylic acid groups (broad SMARTS) is 1. The van der Waals surface area contributed by atoms with Crippen molar-refractivity contribution in [3.63, 3.8) is 0 Å². The maximum atomic E-state index is 12.9. The predicted octanol–water partition coefficient (Wildman–Crippen LogP) is 1.09. The van der Waals surface area contributed by atoms with Crippen LogP contribution in [0.1, 0.15) is 19.3 Å². The summed E-state index contributed by atoms with van der Waals surface area (Å²) in [5.74, 6) is -0.628. The molecule has 1 heterocycles. The molecule has 8 heteroatoms.